The molecule has 0 aromatic heterocycles. The fraction of sp³-hybridized carbons (Fsp3) is 0.917. The lowest BCUT2D eigenvalue weighted by Gasteiger charge is -2.29. The summed E-state index contributed by atoms with van der Waals surface area (Å²) in [7, 11) is 0. The average molecular weight is 227 g/mol. The Kier molecular flexibility index (Phi) is 6.42. The van der Waals surface area contributed by atoms with Gasteiger partial charge in [-0.15, -0.1) is 0 Å². The minimum atomic E-state index is -0.204. The summed E-state index contributed by atoms with van der Waals surface area (Å²) in [6.45, 7) is 6.86. The van der Waals surface area contributed by atoms with Crippen LogP contribution in [0, 0.1) is 5.92 Å². The van der Waals surface area contributed by atoms with Gasteiger partial charge in [0.15, 0.2) is 0 Å². The van der Waals surface area contributed by atoms with Gasteiger partial charge in [-0.05, 0) is 44.8 Å². The monoisotopic (exact) mass is 227 g/mol. The third kappa shape index (κ3) is 5.47. The third-order valence-electron chi connectivity index (χ3n) is 3.18. The molecule has 4 nitrogen and oxygen atoms in total. The summed E-state index contributed by atoms with van der Waals surface area (Å²) in [5.41, 5.74) is 5.28. The molecule has 0 spiro atoms. The SMILES string of the molecule is CCCCN(CC(N)=O)CC1CCNCC1. The van der Waals surface area contributed by atoms with E-state index in [-0.39, 0.29) is 5.91 Å². The Labute approximate surface area is 98.6 Å². The Hall–Kier alpha value is -0.610. The summed E-state index contributed by atoms with van der Waals surface area (Å²) in [4.78, 5) is 13.2. The lowest BCUT2D eigenvalue weighted by molar-refractivity contribution is -0.119. The van der Waals surface area contributed by atoms with E-state index in [1.54, 1.807) is 0 Å². The van der Waals surface area contributed by atoms with E-state index in [0.29, 0.717) is 6.54 Å². The van der Waals surface area contributed by atoms with Gasteiger partial charge in [0.2, 0.25) is 5.91 Å². The average Bonchev–Trinajstić information content (AvgIpc) is 2.26. The van der Waals surface area contributed by atoms with Crippen LogP contribution in [0.1, 0.15) is 32.6 Å². The lowest BCUT2D eigenvalue weighted by Crippen LogP contribution is -2.40. The maximum Gasteiger partial charge on any atom is 0.231 e. The van der Waals surface area contributed by atoms with Crippen molar-refractivity contribution < 1.29 is 4.79 Å². The molecule has 1 fully saturated rings. The van der Waals surface area contributed by atoms with Gasteiger partial charge in [0.25, 0.3) is 0 Å². The minimum absolute atomic E-state index is 0.204. The Morgan fingerprint density at radius 2 is 2.12 bits per heavy atom. The van der Waals surface area contributed by atoms with Gasteiger partial charge in [0, 0.05) is 6.54 Å². The van der Waals surface area contributed by atoms with Crippen molar-refractivity contribution in [2.75, 3.05) is 32.7 Å². The molecule has 1 amide bonds. The van der Waals surface area contributed by atoms with Crippen LogP contribution in [0.3, 0.4) is 0 Å². The highest BCUT2D eigenvalue weighted by Crippen LogP contribution is 2.13. The first kappa shape index (κ1) is 13.5. The quantitative estimate of drug-likeness (QED) is 0.668. The van der Waals surface area contributed by atoms with Gasteiger partial charge in [0.05, 0.1) is 6.54 Å². The Morgan fingerprint density at radius 1 is 1.44 bits per heavy atom. The van der Waals surface area contributed by atoms with E-state index in [2.05, 4.69) is 17.1 Å². The van der Waals surface area contributed by atoms with E-state index >= 15 is 0 Å². The zero-order valence-corrected chi connectivity index (χ0v) is 10.4. The molecule has 16 heavy (non-hydrogen) atoms. The van der Waals surface area contributed by atoms with E-state index < -0.39 is 0 Å². The Morgan fingerprint density at radius 3 is 2.69 bits per heavy atom. The van der Waals surface area contributed by atoms with Crippen molar-refractivity contribution in [2.45, 2.75) is 32.6 Å². The Bertz CT molecular complexity index is 202. The van der Waals surface area contributed by atoms with Crippen LogP contribution < -0.4 is 11.1 Å². The summed E-state index contributed by atoms with van der Waals surface area (Å²) in [6.07, 6.45) is 4.77. The van der Waals surface area contributed by atoms with Crippen LogP contribution in [-0.2, 0) is 4.79 Å². The highest BCUT2D eigenvalue weighted by atomic mass is 16.1. The minimum Gasteiger partial charge on any atom is -0.369 e. The fourth-order valence-electron chi connectivity index (χ4n) is 2.27. The first-order chi connectivity index (χ1) is 7.72. The molecule has 0 saturated carbocycles. The van der Waals surface area contributed by atoms with Gasteiger partial charge in [-0.25, -0.2) is 0 Å². The number of carbonyl (C=O) groups is 1. The normalized spacial score (nSPS) is 17.9. The lowest BCUT2D eigenvalue weighted by atomic mass is 9.97. The maximum atomic E-state index is 11.0. The molecular formula is C12H25N3O. The highest BCUT2D eigenvalue weighted by molar-refractivity contribution is 5.75. The first-order valence-electron chi connectivity index (χ1n) is 6.43. The molecule has 0 aliphatic carbocycles. The van der Waals surface area contributed by atoms with E-state index in [1.807, 2.05) is 0 Å². The van der Waals surface area contributed by atoms with Gasteiger partial charge in [-0.1, -0.05) is 13.3 Å². The number of amides is 1. The van der Waals surface area contributed by atoms with Crippen LogP contribution in [-0.4, -0.2) is 43.5 Å². The molecule has 0 atom stereocenters. The summed E-state index contributed by atoms with van der Waals surface area (Å²) < 4.78 is 0. The van der Waals surface area contributed by atoms with Crippen molar-refractivity contribution in [2.24, 2.45) is 11.7 Å². The summed E-state index contributed by atoms with van der Waals surface area (Å²) >= 11 is 0. The number of rotatable bonds is 7. The van der Waals surface area contributed by atoms with E-state index in [0.717, 1.165) is 38.5 Å². The second-order valence-corrected chi connectivity index (χ2v) is 4.75. The summed E-state index contributed by atoms with van der Waals surface area (Å²) in [6, 6.07) is 0. The van der Waals surface area contributed by atoms with E-state index in [9.17, 15) is 4.79 Å². The topological polar surface area (TPSA) is 58.4 Å². The molecule has 1 heterocycles. The largest absolute Gasteiger partial charge is 0.369 e. The molecule has 0 unspecified atom stereocenters. The second-order valence-electron chi connectivity index (χ2n) is 4.75. The van der Waals surface area contributed by atoms with Crippen LogP contribution in [0.15, 0.2) is 0 Å². The zero-order valence-electron chi connectivity index (χ0n) is 10.4. The van der Waals surface area contributed by atoms with Crippen molar-refractivity contribution in [1.82, 2.24) is 10.2 Å². The van der Waals surface area contributed by atoms with Crippen molar-refractivity contribution >= 4 is 5.91 Å². The summed E-state index contributed by atoms with van der Waals surface area (Å²) in [5, 5.41) is 3.36. The number of piperidine rings is 1. The molecule has 0 radical (unpaired) electrons. The number of primary amides is 1. The van der Waals surface area contributed by atoms with Crippen molar-refractivity contribution in [3.8, 4) is 0 Å². The number of unbranched alkanes of at least 4 members (excludes halogenated alkanes) is 1. The number of hydrogen-bond donors (Lipinski definition) is 2. The molecule has 3 N–H and O–H groups in total. The van der Waals surface area contributed by atoms with E-state index in [1.165, 1.54) is 19.3 Å². The molecule has 1 aliphatic heterocycles. The molecule has 0 aromatic rings. The smallest absolute Gasteiger partial charge is 0.231 e. The molecule has 1 aliphatic rings. The maximum absolute atomic E-state index is 11.0. The Balaban J connectivity index is 2.31. The van der Waals surface area contributed by atoms with Crippen LogP contribution in [0.2, 0.25) is 0 Å². The summed E-state index contributed by atoms with van der Waals surface area (Å²) in [5.74, 6) is 0.530. The number of hydrogen-bond acceptors (Lipinski definition) is 3. The molecule has 1 saturated heterocycles. The van der Waals surface area contributed by atoms with Gasteiger partial charge in [0.1, 0.15) is 0 Å². The predicted octanol–water partition coefficient (Wildman–Crippen LogP) is 0.573. The number of nitrogens with two attached hydrogens (primary N) is 1. The predicted molar refractivity (Wildman–Crippen MR) is 66.1 cm³/mol. The van der Waals surface area contributed by atoms with Crippen LogP contribution in [0.5, 0.6) is 0 Å². The first-order valence-corrected chi connectivity index (χ1v) is 6.43. The van der Waals surface area contributed by atoms with Gasteiger partial charge >= 0.3 is 0 Å². The van der Waals surface area contributed by atoms with Gasteiger partial charge in [-0.3, -0.25) is 9.69 Å². The number of carbonyl (C=O) groups excluding carboxylic acids is 1. The van der Waals surface area contributed by atoms with Gasteiger partial charge < -0.3 is 11.1 Å². The fourth-order valence-corrected chi connectivity index (χ4v) is 2.27. The highest BCUT2D eigenvalue weighted by Gasteiger charge is 2.17. The molecule has 0 bridgehead atoms. The van der Waals surface area contributed by atoms with Crippen LogP contribution >= 0.6 is 0 Å². The van der Waals surface area contributed by atoms with Crippen molar-refractivity contribution in [3.05, 3.63) is 0 Å². The van der Waals surface area contributed by atoms with E-state index in [4.69, 9.17) is 5.73 Å². The van der Waals surface area contributed by atoms with Gasteiger partial charge in [-0.2, -0.15) is 0 Å². The number of nitrogens with one attached hydrogen (secondary N) is 1. The zero-order chi connectivity index (χ0) is 11.8. The van der Waals surface area contributed by atoms with Crippen molar-refractivity contribution in [1.29, 1.82) is 0 Å². The van der Waals surface area contributed by atoms with Crippen LogP contribution in [0.25, 0.3) is 0 Å². The van der Waals surface area contributed by atoms with Crippen LogP contribution in [0.4, 0.5) is 0 Å². The second kappa shape index (κ2) is 7.63. The molecule has 4 heteroatoms. The molecular weight excluding hydrogens is 202 g/mol. The molecule has 1 rings (SSSR count). The molecule has 94 valence electrons. The standard InChI is InChI=1S/C12H25N3O/c1-2-3-8-15(10-12(13)16)9-11-4-6-14-7-5-11/h11,14H,2-10H2,1H3,(H2,13,16). The molecule has 0 aromatic carbocycles. The number of nitrogens with zero attached hydrogens (tertiary/aromatic N) is 1. The van der Waals surface area contributed by atoms with Crippen molar-refractivity contribution in [3.63, 3.8) is 0 Å². The third-order valence-corrected chi connectivity index (χ3v) is 3.18.